The highest BCUT2D eigenvalue weighted by molar-refractivity contribution is 8.18. The van der Waals surface area contributed by atoms with E-state index >= 15 is 0 Å². The smallest absolute Gasteiger partial charge is 0.293 e. The van der Waals surface area contributed by atoms with Crippen molar-refractivity contribution in [1.82, 2.24) is 4.90 Å². The number of imide groups is 1. The van der Waals surface area contributed by atoms with Crippen molar-refractivity contribution in [3.8, 4) is 11.3 Å². The zero-order valence-electron chi connectivity index (χ0n) is 16.0. The molecule has 9 heteroatoms. The van der Waals surface area contributed by atoms with Crippen LogP contribution < -0.4 is 0 Å². The zero-order valence-corrected chi connectivity index (χ0v) is 17.6. The number of thioether (sulfide) groups is 1. The molecule has 0 aliphatic carbocycles. The summed E-state index contributed by atoms with van der Waals surface area (Å²) in [4.78, 5) is 36.9. The fraction of sp³-hybridized carbons (Fsp3) is 0.0909. The molecule has 2 aromatic carbocycles. The Morgan fingerprint density at radius 1 is 1.10 bits per heavy atom. The van der Waals surface area contributed by atoms with E-state index in [4.69, 9.17) is 16.0 Å². The van der Waals surface area contributed by atoms with Crippen LogP contribution in [-0.2, 0) is 11.2 Å². The molecule has 1 aliphatic heterocycles. The Bertz CT molecular complexity index is 1210. The Balaban J connectivity index is 1.50. The zero-order chi connectivity index (χ0) is 22.0. The second kappa shape index (κ2) is 8.79. The maximum Gasteiger partial charge on any atom is 0.293 e. The molecule has 1 aliphatic rings. The number of amides is 2. The average Bonchev–Trinajstić information content (AvgIpc) is 3.32. The number of benzene rings is 2. The molecule has 0 spiro atoms. The highest BCUT2D eigenvalue weighted by Crippen LogP contribution is 2.35. The first kappa shape index (κ1) is 20.9. The monoisotopic (exact) mass is 454 g/mol. The van der Waals surface area contributed by atoms with Gasteiger partial charge in [-0.2, -0.15) is 0 Å². The molecular formula is C22H15ClN2O5S. The van der Waals surface area contributed by atoms with Gasteiger partial charge in [-0.15, -0.1) is 0 Å². The molecule has 0 bridgehead atoms. The number of hydrogen-bond acceptors (Lipinski definition) is 6. The molecule has 1 fully saturated rings. The van der Waals surface area contributed by atoms with E-state index in [1.165, 1.54) is 23.1 Å². The molecule has 1 aromatic heterocycles. The fourth-order valence-electron chi connectivity index (χ4n) is 3.10. The summed E-state index contributed by atoms with van der Waals surface area (Å²) in [5, 5.41) is 10.8. The minimum Gasteiger partial charge on any atom is -0.457 e. The molecule has 4 rings (SSSR count). The second-order valence-corrected chi connectivity index (χ2v) is 8.09. The van der Waals surface area contributed by atoms with Crippen LogP contribution in [0.5, 0.6) is 0 Å². The summed E-state index contributed by atoms with van der Waals surface area (Å²) in [6.45, 7) is 0.296. The first-order valence-corrected chi connectivity index (χ1v) is 10.5. The van der Waals surface area contributed by atoms with E-state index in [0.717, 1.165) is 17.3 Å². The van der Waals surface area contributed by atoms with Crippen molar-refractivity contribution in [3.05, 3.63) is 92.0 Å². The van der Waals surface area contributed by atoms with Gasteiger partial charge in [-0.1, -0.05) is 41.9 Å². The molecule has 0 unspecified atom stereocenters. The second-order valence-electron chi connectivity index (χ2n) is 6.69. The van der Waals surface area contributed by atoms with Gasteiger partial charge in [-0.05, 0) is 48.0 Å². The molecular weight excluding hydrogens is 440 g/mol. The van der Waals surface area contributed by atoms with Crippen molar-refractivity contribution in [2.45, 2.75) is 6.42 Å². The van der Waals surface area contributed by atoms with Crippen molar-refractivity contribution in [3.63, 3.8) is 0 Å². The van der Waals surface area contributed by atoms with Crippen LogP contribution in [0.25, 0.3) is 17.4 Å². The van der Waals surface area contributed by atoms with Crippen molar-refractivity contribution >= 4 is 46.3 Å². The normalized spacial score (nSPS) is 15.1. The number of nitrogens with zero attached hydrogens (tertiary/aromatic N) is 2. The van der Waals surface area contributed by atoms with Gasteiger partial charge in [0.05, 0.1) is 9.83 Å². The number of hydrogen-bond donors (Lipinski definition) is 0. The summed E-state index contributed by atoms with van der Waals surface area (Å²) in [6, 6.07) is 17.2. The van der Waals surface area contributed by atoms with Crippen molar-refractivity contribution in [2.75, 3.05) is 6.54 Å². The van der Waals surface area contributed by atoms with Gasteiger partial charge in [0, 0.05) is 24.3 Å². The van der Waals surface area contributed by atoms with E-state index in [9.17, 15) is 19.7 Å². The fourth-order valence-corrected chi connectivity index (χ4v) is 4.13. The molecule has 3 aromatic rings. The summed E-state index contributed by atoms with van der Waals surface area (Å²) in [5.41, 5.74) is 1.29. The quantitative estimate of drug-likeness (QED) is 0.266. The van der Waals surface area contributed by atoms with Gasteiger partial charge in [-0.25, -0.2) is 0 Å². The van der Waals surface area contributed by atoms with E-state index in [1.807, 2.05) is 30.3 Å². The van der Waals surface area contributed by atoms with Gasteiger partial charge in [-0.3, -0.25) is 24.6 Å². The summed E-state index contributed by atoms with van der Waals surface area (Å²) in [6.07, 6.45) is 2.08. The number of carbonyl (C=O) groups excluding carboxylic acids is 2. The van der Waals surface area contributed by atoms with Gasteiger partial charge in [0.2, 0.25) is 0 Å². The number of carbonyl (C=O) groups is 2. The summed E-state index contributed by atoms with van der Waals surface area (Å²) in [7, 11) is 0. The minimum absolute atomic E-state index is 0.0321. The van der Waals surface area contributed by atoms with Crippen LogP contribution in [0, 0.1) is 10.1 Å². The number of nitro benzene ring substituents is 1. The molecule has 156 valence electrons. The summed E-state index contributed by atoms with van der Waals surface area (Å²) in [5.74, 6) is 0.376. The number of rotatable bonds is 6. The van der Waals surface area contributed by atoms with Crippen LogP contribution in [0.2, 0.25) is 5.02 Å². The summed E-state index contributed by atoms with van der Waals surface area (Å²) < 4.78 is 5.72. The SMILES string of the molecule is O=C1S/C(=C/c2ccc(-c3ccc(Cl)c([N+](=O)[O-])c3)o2)C(=O)N1CCc1ccccc1. The van der Waals surface area contributed by atoms with E-state index in [2.05, 4.69) is 0 Å². The van der Waals surface area contributed by atoms with Crippen molar-refractivity contribution < 1.29 is 18.9 Å². The Morgan fingerprint density at radius 2 is 1.87 bits per heavy atom. The topological polar surface area (TPSA) is 93.7 Å². The van der Waals surface area contributed by atoms with Crippen LogP contribution in [0.1, 0.15) is 11.3 Å². The predicted octanol–water partition coefficient (Wildman–Crippen LogP) is 5.79. The third-order valence-corrected chi connectivity index (χ3v) is 5.89. The number of nitro groups is 1. The first-order valence-electron chi connectivity index (χ1n) is 9.26. The molecule has 1 saturated heterocycles. The first-order chi connectivity index (χ1) is 14.9. The molecule has 31 heavy (non-hydrogen) atoms. The Hall–Kier alpha value is -3.36. The van der Waals surface area contributed by atoms with Gasteiger partial charge in [0.1, 0.15) is 16.5 Å². The predicted molar refractivity (Wildman–Crippen MR) is 119 cm³/mol. The highest BCUT2D eigenvalue weighted by Gasteiger charge is 2.34. The Morgan fingerprint density at radius 3 is 2.61 bits per heavy atom. The van der Waals surface area contributed by atoms with Crippen LogP contribution in [0.3, 0.4) is 0 Å². The van der Waals surface area contributed by atoms with Crippen LogP contribution in [-0.4, -0.2) is 27.5 Å². The van der Waals surface area contributed by atoms with Crippen LogP contribution in [0.4, 0.5) is 10.5 Å². The van der Waals surface area contributed by atoms with E-state index in [1.54, 1.807) is 18.2 Å². The van der Waals surface area contributed by atoms with Gasteiger partial charge in [0.25, 0.3) is 16.8 Å². The average molecular weight is 455 g/mol. The third kappa shape index (κ3) is 4.55. The maximum atomic E-state index is 12.7. The van der Waals surface area contributed by atoms with E-state index in [-0.39, 0.29) is 26.8 Å². The number of halogens is 1. The lowest BCUT2D eigenvalue weighted by atomic mass is 10.1. The third-order valence-electron chi connectivity index (χ3n) is 4.67. The van der Waals surface area contributed by atoms with E-state index < -0.39 is 4.92 Å². The van der Waals surface area contributed by atoms with Gasteiger partial charge >= 0.3 is 0 Å². The molecule has 2 heterocycles. The minimum atomic E-state index is -0.568. The maximum absolute atomic E-state index is 12.7. The standard InChI is InChI=1S/C22H15ClN2O5S/c23-17-8-6-15(12-18(17)25(28)29)19-9-7-16(30-19)13-20-21(26)24(22(27)31-20)11-10-14-4-2-1-3-5-14/h1-9,12-13H,10-11H2/b20-13+. The molecule has 0 radical (unpaired) electrons. The molecule has 2 amide bonds. The Kier molecular flexibility index (Phi) is 5.92. The van der Waals surface area contributed by atoms with Gasteiger partial charge < -0.3 is 4.42 Å². The van der Waals surface area contributed by atoms with Crippen LogP contribution in [0.15, 0.2) is 70.0 Å². The Labute approximate surface area is 186 Å². The lowest BCUT2D eigenvalue weighted by Gasteiger charge is -2.11. The highest BCUT2D eigenvalue weighted by atomic mass is 35.5. The molecule has 0 N–H and O–H groups in total. The summed E-state index contributed by atoms with van der Waals surface area (Å²) >= 11 is 6.70. The molecule has 7 nitrogen and oxygen atoms in total. The number of furan rings is 1. The van der Waals surface area contributed by atoms with Crippen molar-refractivity contribution in [2.24, 2.45) is 0 Å². The van der Waals surface area contributed by atoms with E-state index in [0.29, 0.717) is 30.0 Å². The molecule has 0 atom stereocenters. The molecule has 0 saturated carbocycles. The van der Waals surface area contributed by atoms with Crippen LogP contribution >= 0.6 is 23.4 Å². The van der Waals surface area contributed by atoms with Crippen molar-refractivity contribution in [1.29, 1.82) is 0 Å². The largest absolute Gasteiger partial charge is 0.457 e. The lowest BCUT2D eigenvalue weighted by Crippen LogP contribution is -2.30. The van der Waals surface area contributed by atoms with Gasteiger partial charge in [0.15, 0.2) is 0 Å². The lowest BCUT2D eigenvalue weighted by molar-refractivity contribution is -0.384.